The van der Waals surface area contributed by atoms with Crippen LogP contribution in [0.5, 0.6) is 11.5 Å². The van der Waals surface area contributed by atoms with Gasteiger partial charge in [0.25, 0.3) is 0 Å². The lowest BCUT2D eigenvalue weighted by molar-refractivity contribution is -0.115. The van der Waals surface area contributed by atoms with Gasteiger partial charge >= 0.3 is 0 Å². The van der Waals surface area contributed by atoms with Gasteiger partial charge in [-0.15, -0.1) is 11.3 Å². The second kappa shape index (κ2) is 5.18. The summed E-state index contributed by atoms with van der Waals surface area (Å²) >= 11 is 7.37. The van der Waals surface area contributed by atoms with Crippen LogP contribution in [0.2, 0.25) is 5.02 Å². The SMILES string of the molecule is Nc1nc(CC(=O)Nc2cc3c(cc2Cl)OCO3)cs1. The summed E-state index contributed by atoms with van der Waals surface area (Å²) in [6, 6.07) is 3.25. The highest BCUT2D eigenvalue weighted by Crippen LogP contribution is 2.39. The van der Waals surface area contributed by atoms with Gasteiger partial charge in [0.2, 0.25) is 12.7 Å². The van der Waals surface area contributed by atoms with Gasteiger partial charge in [-0.05, 0) is 0 Å². The van der Waals surface area contributed by atoms with Crippen molar-refractivity contribution in [1.82, 2.24) is 4.98 Å². The monoisotopic (exact) mass is 311 g/mol. The summed E-state index contributed by atoms with van der Waals surface area (Å²) in [7, 11) is 0. The minimum absolute atomic E-state index is 0.137. The molecule has 1 aliphatic heterocycles. The third-order valence-electron chi connectivity index (χ3n) is 2.65. The summed E-state index contributed by atoms with van der Waals surface area (Å²) in [4.78, 5) is 16.0. The zero-order chi connectivity index (χ0) is 14.1. The quantitative estimate of drug-likeness (QED) is 0.908. The topological polar surface area (TPSA) is 86.5 Å². The molecule has 6 nitrogen and oxygen atoms in total. The third kappa shape index (κ3) is 2.63. The molecule has 3 rings (SSSR count). The molecule has 0 radical (unpaired) electrons. The lowest BCUT2D eigenvalue weighted by Crippen LogP contribution is -2.15. The number of halogens is 1. The average molecular weight is 312 g/mol. The lowest BCUT2D eigenvalue weighted by Gasteiger charge is -2.07. The van der Waals surface area contributed by atoms with Crippen molar-refractivity contribution in [1.29, 1.82) is 0 Å². The van der Waals surface area contributed by atoms with E-state index in [0.717, 1.165) is 0 Å². The van der Waals surface area contributed by atoms with Gasteiger partial charge in [0.15, 0.2) is 16.6 Å². The maximum atomic E-state index is 11.9. The molecule has 0 fully saturated rings. The van der Waals surface area contributed by atoms with Crippen LogP contribution in [0.3, 0.4) is 0 Å². The molecule has 0 saturated heterocycles. The van der Waals surface area contributed by atoms with Crippen molar-refractivity contribution in [2.75, 3.05) is 17.8 Å². The standard InChI is InChI=1S/C12H10ClN3O3S/c13-7-2-9-10(19-5-18-9)3-8(7)16-11(17)1-6-4-20-12(14)15-6/h2-4H,1,5H2,(H2,14,15)(H,16,17). The molecule has 0 aliphatic carbocycles. The van der Waals surface area contributed by atoms with Gasteiger partial charge in [-0.3, -0.25) is 4.79 Å². The molecule has 0 bridgehead atoms. The third-order valence-corrected chi connectivity index (χ3v) is 3.68. The summed E-state index contributed by atoms with van der Waals surface area (Å²) in [5.74, 6) is 0.902. The van der Waals surface area contributed by atoms with Crippen LogP contribution in [0.15, 0.2) is 17.5 Å². The first kappa shape index (κ1) is 13.0. The summed E-state index contributed by atoms with van der Waals surface area (Å²) in [6.45, 7) is 0.154. The first-order chi connectivity index (χ1) is 9.61. The zero-order valence-electron chi connectivity index (χ0n) is 10.2. The number of carbonyl (C=O) groups is 1. The maximum Gasteiger partial charge on any atom is 0.231 e. The number of hydrogen-bond acceptors (Lipinski definition) is 6. The number of carbonyl (C=O) groups excluding carboxylic acids is 1. The predicted octanol–water partition coefficient (Wildman–Crippen LogP) is 2.29. The van der Waals surface area contributed by atoms with E-state index in [1.165, 1.54) is 11.3 Å². The van der Waals surface area contributed by atoms with E-state index >= 15 is 0 Å². The molecule has 3 N–H and O–H groups in total. The highest BCUT2D eigenvalue weighted by Gasteiger charge is 2.18. The molecule has 0 unspecified atom stereocenters. The number of nitrogens with zero attached hydrogens (tertiary/aromatic N) is 1. The Morgan fingerprint density at radius 2 is 2.20 bits per heavy atom. The molecular formula is C12H10ClN3O3S. The fourth-order valence-electron chi connectivity index (χ4n) is 1.78. The highest BCUT2D eigenvalue weighted by molar-refractivity contribution is 7.13. The van der Waals surface area contributed by atoms with Crippen LogP contribution in [0.1, 0.15) is 5.69 Å². The number of benzene rings is 1. The number of amides is 1. The number of rotatable bonds is 3. The Labute approximate surface area is 123 Å². The Morgan fingerprint density at radius 3 is 2.90 bits per heavy atom. The number of ether oxygens (including phenoxy) is 2. The van der Waals surface area contributed by atoms with Gasteiger partial charge in [0.1, 0.15) is 0 Å². The van der Waals surface area contributed by atoms with E-state index in [0.29, 0.717) is 33.0 Å². The average Bonchev–Trinajstić information content (AvgIpc) is 2.98. The number of anilines is 2. The van der Waals surface area contributed by atoms with E-state index in [9.17, 15) is 4.79 Å². The smallest absolute Gasteiger partial charge is 0.231 e. The van der Waals surface area contributed by atoms with E-state index in [4.69, 9.17) is 26.8 Å². The van der Waals surface area contributed by atoms with Gasteiger partial charge in [0.05, 0.1) is 22.8 Å². The fraction of sp³-hybridized carbons (Fsp3) is 0.167. The number of hydrogen-bond donors (Lipinski definition) is 2. The van der Waals surface area contributed by atoms with E-state index < -0.39 is 0 Å². The van der Waals surface area contributed by atoms with Crippen LogP contribution < -0.4 is 20.5 Å². The second-order valence-electron chi connectivity index (χ2n) is 4.09. The molecule has 8 heteroatoms. The lowest BCUT2D eigenvalue weighted by atomic mass is 10.2. The number of nitrogen functional groups attached to an aromatic ring is 1. The number of thiazole rings is 1. The predicted molar refractivity (Wildman–Crippen MR) is 76.4 cm³/mol. The molecule has 0 spiro atoms. The van der Waals surface area contributed by atoms with Crippen molar-refractivity contribution in [2.24, 2.45) is 0 Å². The van der Waals surface area contributed by atoms with Crippen LogP contribution in [0.25, 0.3) is 0 Å². The minimum Gasteiger partial charge on any atom is -0.454 e. The van der Waals surface area contributed by atoms with Gasteiger partial charge in [0, 0.05) is 17.5 Å². The normalized spacial score (nSPS) is 12.4. The molecule has 0 saturated carbocycles. The van der Waals surface area contributed by atoms with Crippen molar-refractivity contribution >= 4 is 39.7 Å². The van der Waals surface area contributed by atoms with Crippen molar-refractivity contribution < 1.29 is 14.3 Å². The Bertz CT molecular complexity index is 674. The van der Waals surface area contributed by atoms with E-state index in [2.05, 4.69) is 10.3 Å². The Kier molecular flexibility index (Phi) is 3.37. The molecule has 20 heavy (non-hydrogen) atoms. The number of nitrogens with two attached hydrogens (primary N) is 1. The molecule has 1 amide bonds. The molecule has 2 aromatic rings. The molecule has 1 aromatic heterocycles. The highest BCUT2D eigenvalue weighted by atomic mass is 35.5. The number of aromatic nitrogens is 1. The fourth-order valence-corrected chi connectivity index (χ4v) is 2.54. The van der Waals surface area contributed by atoms with Crippen molar-refractivity contribution in [3.63, 3.8) is 0 Å². The number of nitrogens with one attached hydrogen (secondary N) is 1. The second-order valence-corrected chi connectivity index (χ2v) is 5.38. The van der Waals surface area contributed by atoms with E-state index in [-0.39, 0.29) is 19.1 Å². The van der Waals surface area contributed by atoms with Gasteiger partial charge in [-0.1, -0.05) is 11.6 Å². The Balaban J connectivity index is 1.73. The van der Waals surface area contributed by atoms with Crippen LogP contribution >= 0.6 is 22.9 Å². The van der Waals surface area contributed by atoms with Crippen molar-refractivity contribution in [3.8, 4) is 11.5 Å². The molecule has 2 heterocycles. The summed E-state index contributed by atoms with van der Waals surface area (Å²) in [6.07, 6.45) is 0.137. The molecule has 0 atom stereocenters. The van der Waals surface area contributed by atoms with E-state index in [1.54, 1.807) is 17.5 Å². The minimum atomic E-state index is -0.226. The van der Waals surface area contributed by atoms with Crippen LogP contribution in [-0.2, 0) is 11.2 Å². The maximum absolute atomic E-state index is 11.9. The van der Waals surface area contributed by atoms with Crippen LogP contribution in [-0.4, -0.2) is 17.7 Å². The first-order valence-corrected chi connectivity index (χ1v) is 6.96. The van der Waals surface area contributed by atoms with E-state index in [1.807, 2.05) is 0 Å². The largest absolute Gasteiger partial charge is 0.454 e. The summed E-state index contributed by atoms with van der Waals surface area (Å²) in [5, 5.41) is 5.29. The van der Waals surface area contributed by atoms with Crippen molar-refractivity contribution in [2.45, 2.75) is 6.42 Å². The van der Waals surface area contributed by atoms with Crippen LogP contribution in [0, 0.1) is 0 Å². The zero-order valence-corrected chi connectivity index (χ0v) is 11.8. The Hall–Kier alpha value is -1.99. The summed E-state index contributed by atoms with van der Waals surface area (Å²) in [5.41, 5.74) is 6.62. The van der Waals surface area contributed by atoms with Crippen molar-refractivity contribution in [3.05, 3.63) is 28.2 Å². The molecular weight excluding hydrogens is 302 g/mol. The van der Waals surface area contributed by atoms with Gasteiger partial charge in [-0.2, -0.15) is 0 Å². The van der Waals surface area contributed by atoms with Crippen LogP contribution in [0.4, 0.5) is 10.8 Å². The molecule has 1 aromatic carbocycles. The molecule has 104 valence electrons. The molecule has 1 aliphatic rings. The Morgan fingerprint density at radius 1 is 1.45 bits per heavy atom. The van der Waals surface area contributed by atoms with Gasteiger partial charge in [-0.25, -0.2) is 4.98 Å². The van der Waals surface area contributed by atoms with Gasteiger partial charge < -0.3 is 20.5 Å². The number of fused-ring (bicyclic) bond motifs is 1. The first-order valence-electron chi connectivity index (χ1n) is 5.70. The summed E-state index contributed by atoms with van der Waals surface area (Å²) < 4.78 is 10.4.